The number of rotatable bonds is 5. The second kappa shape index (κ2) is 10.2. The van der Waals surface area contributed by atoms with Gasteiger partial charge in [0.05, 0.1) is 11.6 Å². The molecule has 2 amide bonds. The molecule has 2 rings (SSSR count). The molecule has 154 valence electrons. The molecular weight excluding hydrogens is 458 g/mol. The van der Waals surface area contributed by atoms with Gasteiger partial charge in [-0.05, 0) is 90.4 Å². The molecule has 0 spiro atoms. The van der Waals surface area contributed by atoms with Gasteiger partial charge in [0.15, 0.2) is 11.2 Å². The third kappa shape index (κ3) is 6.43. The second-order valence-electron chi connectivity index (χ2n) is 6.25. The van der Waals surface area contributed by atoms with E-state index < -0.39 is 17.9 Å². The largest absolute Gasteiger partial charge is 0.496 e. The van der Waals surface area contributed by atoms with Crippen molar-refractivity contribution in [3.63, 3.8) is 0 Å². The fraction of sp³-hybridized carbons (Fsp3) is 0.250. The van der Waals surface area contributed by atoms with E-state index >= 15 is 0 Å². The molecule has 7 nitrogen and oxygen atoms in total. The minimum absolute atomic E-state index is 0.0475. The Hall–Kier alpha value is -2.65. The molecule has 0 saturated heterocycles. The first-order valence-corrected chi connectivity index (χ1v) is 9.90. The molecule has 0 heterocycles. The molecule has 0 aliphatic rings. The van der Waals surface area contributed by atoms with Gasteiger partial charge in [-0.3, -0.25) is 25.8 Å². The highest BCUT2D eigenvalue weighted by Gasteiger charge is 2.16. The molecule has 9 heteroatoms. The van der Waals surface area contributed by atoms with E-state index in [0.29, 0.717) is 21.5 Å². The van der Waals surface area contributed by atoms with E-state index in [-0.39, 0.29) is 5.11 Å². The lowest BCUT2D eigenvalue weighted by Crippen LogP contribution is -2.51. The minimum Gasteiger partial charge on any atom is -0.496 e. The summed E-state index contributed by atoms with van der Waals surface area (Å²) in [4.78, 5) is 24.4. The molecule has 0 aromatic heterocycles. The lowest BCUT2D eigenvalue weighted by Gasteiger charge is -2.17. The number of aryl methyl sites for hydroxylation is 2. The number of hydrazine groups is 1. The standard InChI is InChI=1S/C20H22BrN3O4S/c1-11-5-7-15(9-12(11)2)28-13(3)18(25)23-24-20(29)22-19(26)14-6-8-17(27-4)16(21)10-14/h5-10,13H,1-4H3,(H,23,25)(H2,22,24,26,29). The predicted molar refractivity (Wildman–Crippen MR) is 118 cm³/mol. The van der Waals surface area contributed by atoms with Crippen molar-refractivity contribution in [1.29, 1.82) is 0 Å². The topological polar surface area (TPSA) is 88.7 Å². The van der Waals surface area contributed by atoms with Crippen molar-refractivity contribution in [2.24, 2.45) is 0 Å². The summed E-state index contributed by atoms with van der Waals surface area (Å²) in [6, 6.07) is 10.5. The molecule has 0 aliphatic carbocycles. The Kier molecular flexibility index (Phi) is 7.98. The van der Waals surface area contributed by atoms with Crippen LogP contribution in [0.25, 0.3) is 0 Å². The molecule has 1 unspecified atom stereocenters. The number of halogens is 1. The molecule has 2 aromatic carbocycles. The lowest BCUT2D eigenvalue weighted by atomic mass is 10.1. The van der Waals surface area contributed by atoms with Crippen molar-refractivity contribution in [2.45, 2.75) is 26.9 Å². The molecule has 0 aliphatic heterocycles. The van der Waals surface area contributed by atoms with Crippen LogP contribution in [-0.2, 0) is 4.79 Å². The number of hydrogen-bond acceptors (Lipinski definition) is 5. The van der Waals surface area contributed by atoms with Gasteiger partial charge in [0.25, 0.3) is 11.8 Å². The van der Waals surface area contributed by atoms with E-state index in [4.69, 9.17) is 21.7 Å². The summed E-state index contributed by atoms with van der Waals surface area (Å²) in [5, 5.41) is 2.44. The van der Waals surface area contributed by atoms with E-state index in [1.165, 1.54) is 7.11 Å². The number of amides is 2. The number of carbonyl (C=O) groups is 2. The first-order chi connectivity index (χ1) is 13.7. The summed E-state index contributed by atoms with van der Waals surface area (Å²) in [6.45, 7) is 5.58. The first kappa shape index (κ1) is 22.6. The van der Waals surface area contributed by atoms with Gasteiger partial charge in [-0.25, -0.2) is 0 Å². The maximum atomic E-state index is 12.2. The summed E-state index contributed by atoms with van der Waals surface area (Å²) >= 11 is 8.36. The van der Waals surface area contributed by atoms with Gasteiger partial charge >= 0.3 is 0 Å². The van der Waals surface area contributed by atoms with Crippen LogP contribution in [0.5, 0.6) is 11.5 Å². The van der Waals surface area contributed by atoms with Crippen molar-refractivity contribution in [3.05, 3.63) is 57.6 Å². The van der Waals surface area contributed by atoms with E-state index in [2.05, 4.69) is 32.1 Å². The van der Waals surface area contributed by atoms with Gasteiger partial charge in [0.2, 0.25) is 0 Å². The monoisotopic (exact) mass is 479 g/mol. The van der Waals surface area contributed by atoms with E-state index in [1.54, 1.807) is 31.2 Å². The fourth-order valence-electron chi connectivity index (χ4n) is 2.28. The lowest BCUT2D eigenvalue weighted by molar-refractivity contribution is -0.127. The van der Waals surface area contributed by atoms with Gasteiger partial charge in [-0.15, -0.1) is 0 Å². The zero-order valence-electron chi connectivity index (χ0n) is 16.5. The van der Waals surface area contributed by atoms with Crippen LogP contribution in [0, 0.1) is 13.8 Å². The van der Waals surface area contributed by atoms with Gasteiger partial charge < -0.3 is 9.47 Å². The minimum atomic E-state index is -0.763. The van der Waals surface area contributed by atoms with E-state index in [1.807, 2.05) is 26.0 Å². The molecule has 0 bridgehead atoms. The van der Waals surface area contributed by atoms with Gasteiger partial charge in [0.1, 0.15) is 11.5 Å². The highest BCUT2D eigenvalue weighted by atomic mass is 79.9. The smallest absolute Gasteiger partial charge is 0.279 e. The number of carbonyl (C=O) groups excluding carboxylic acids is 2. The maximum Gasteiger partial charge on any atom is 0.279 e. The summed E-state index contributed by atoms with van der Waals surface area (Å²) in [7, 11) is 1.53. The van der Waals surface area contributed by atoms with Gasteiger partial charge in [-0.2, -0.15) is 0 Å². The number of ether oxygens (including phenoxy) is 2. The van der Waals surface area contributed by atoms with Crippen LogP contribution in [0.15, 0.2) is 40.9 Å². The Labute approximate surface area is 183 Å². The van der Waals surface area contributed by atoms with Crippen molar-refractivity contribution in [2.75, 3.05) is 7.11 Å². The summed E-state index contributed by atoms with van der Waals surface area (Å²) in [6.07, 6.45) is -0.763. The molecule has 0 radical (unpaired) electrons. The van der Waals surface area contributed by atoms with Crippen molar-refractivity contribution < 1.29 is 19.1 Å². The van der Waals surface area contributed by atoms with Gasteiger partial charge in [0, 0.05) is 5.56 Å². The van der Waals surface area contributed by atoms with E-state index in [9.17, 15) is 9.59 Å². The second-order valence-corrected chi connectivity index (χ2v) is 7.52. The SMILES string of the molecule is COc1ccc(C(=O)NC(=S)NNC(=O)C(C)Oc2ccc(C)c(C)c2)cc1Br. The molecule has 0 fully saturated rings. The first-order valence-electron chi connectivity index (χ1n) is 8.70. The van der Waals surface area contributed by atoms with E-state index in [0.717, 1.165) is 11.1 Å². The highest BCUT2D eigenvalue weighted by molar-refractivity contribution is 9.10. The zero-order valence-corrected chi connectivity index (χ0v) is 18.9. The molecule has 29 heavy (non-hydrogen) atoms. The van der Waals surface area contributed by atoms with Crippen LogP contribution < -0.4 is 25.6 Å². The van der Waals surface area contributed by atoms with Crippen LogP contribution in [0.1, 0.15) is 28.4 Å². The summed E-state index contributed by atoms with van der Waals surface area (Å²) in [5.74, 6) is 0.329. The Morgan fingerprint density at radius 3 is 2.41 bits per heavy atom. The van der Waals surface area contributed by atoms with Crippen molar-refractivity contribution in [1.82, 2.24) is 16.2 Å². The molecule has 1 atom stereocenters. The highest BCUT2D eigenvalue weighted by Crippen LogP contribution is 2.25. The maximum absolute atomic E-state index is 12.2. The van der Waals surface area contributed by atoms with Crippen LogP contribution in [0.2, 0.25) is 0 Å². The van der Waals surface area contributed by atoms with Crippen LogP contribution >= 0.6 is 28.1 Å². The fourth-order valence-corrected chi connectivity index (χ4v) is 2.96. The van der Waals surface area contributed by atoms with Gasteiger partial charge in [-0.1, -0.05) is 6.07 Å². The number of hydrogen-bond donors (Lipinski definition) is 3. The average Bonchev–Trinajstić information content (AvgIpc) is 2.68. The number of nitrogens with one attached hydrogen (secondary N) is 3. The van der Waals surface area contributed by atoms with Crippen molar-refractivity contribution in [3.8, 4) is 11.5 Å². The molecular formula is C20H22BrN3O4S. The van der Waals surface area contributed by atoms with Crippen LogP contribution in [0.3, 0.4) is 0 Å². The Bertz CT molecular complexity index is 936. The average molecular weight is 480 g/mol. The number of thiocarbonyl (C=S) groups is 1. The molecule has 3 N–H and O–H groups in total. The Morgan fingerprint density at radius 1 is 1.07 bits per heavy atom. The third-order valence-electron chi connectivity index (χ3n) is 4.10. The summed E-state index contributed by atoms with van der Waals surface area (Å²) < 4.78 is 11.4. The molecule has 2 aromatic rings. The quantitative estimate of drug-likeness (QED) is 0.450. The zero-order chi connectivity index (χ0) is 21.6. The normalized spacial score (nSPS) is 11.2. The number of methoxy groups -OCH3 is 1. The molecule has 0 saturated carbocycles. The summed E-state index contributed by atoms with van der Waals surface area (Å²) in [5.41, 5.74) is 7.49. The van der Waals surface area contributed by atoms with Crippen LogP contribution in [0.4, 0.5) is 0 Å². The predicted octanol–water partition coefficient (Wildman–Crippen LogP) is 3.18. The van der Waals surface area contributed by atoms with Crippen molar-refractivity contribution >= 4 is 45.1 Å². The third-order valence-corrected chi connectivity index (χ3v) is 4.92. The van der Waals surface area contributed by atoms with Crippen LogP contribution in [-0.4, -0.2) is 30.1 Å². The Balaban J connectivity index is 1.84. The number of benzene rings is 2. The Morgan fingerprint density at radius 2 is 1.79 bits per heavy atom.